The van der Waals surface area contributed by atoms with Crippen LogP contribution in [0.25, 0.3) is 0 Å². The summed E-state index contributed by atoms with van der Waals surface area (Å²) in [7, 11) is 0. The van der Waals surface area contributed by atoms with E-state index in [1.54, 1.807) is 6.92 Å². The molecule has 0 aliphatic heterocycles. The Bertz CT molecular complexity index is 357. The van der Waals surface area contributed by atoms with E-state index in [0.29, 0.717) is 5.69 Å². The Labute approximate surface area is 80.8 Å². The monoisotopic (exact) mass is 201 g/mol. The topological polar surface area (TPSA) is 63.3 Å². The maximum Gasteiger partial charge on any atom is 0.318 e. The zero-order valence-corrected chi connectivity index (χ0v) is 8.30. The molecule has 0 aliphatic rings. The van der Waals surface area contributed by atoms with E-state index in [4.69, 9.17) is 9.52 Å². The lowest BCUT2D eigenvalue weighted by molar-refractivity contribution is -0.143. The third-order valence-electron chi connectivity index (χ3n) is 2.08. The fourth-order valence-corrected chi connectivity index (χ4v) is 0.911. The van der Waals surface area contributed by atoms with Crippen molar-refractivity contribution in [2.75, 3.05) is 0 Å². The predicted octanol–water partition coefficient (Wildman–Crippen LogP) is 1.81. The van der Waals surface area contributed by atoms with Crippen molar-refractivity contribution in [3.05, 3.63) is 17.3 Å². The summed E-state index contributed by atoms with van der Waals surface area (Å²) in [5.41, 5.74) is -0.824. The number of aryl methyl sites for hydroxylation is 1. The lowest BCUT2D eigenvalue weighted by Gasteiger charge is -2.13. The van der Waals surface area contributed by atoms with Gasteiger partial charge >= 0.3 is 5.97 Å². The smallest absolute Gasteiger partial charge is 0.318 e. The van der Waals surface area contributed by atoms with Gasteiger partial charge in [-0.1, -0.05) is 0 Å². The van der Waals surface area contributed by atoms with Crippen molar-refractivity contribution in [2.24, 2.45) is 0 Å². The highest BCUT2D eigenvalue weighted by molar-refractivity contribution is 5.78. The molecule has 1 aromatic heterocycles. The summed E-state index contributed by atoms with van der Waals surface area (Å²) in [4.78, 5) is 14.7. The number of carboxylic acids is 1. The van der Waals surface area contributed by atoms with Gasteiger partial charge in [0.15, 0.2) is 5.76 Å². The number of hydrogen-bond acceptors (Lipinski definition) is 3. The zero-order valence-electron chi connectivity index (χ0n) is 8.30. The molecule has 0 saturated carbocycles. The highest BCUT2D eigenvalue weighted by atomic mass is 19.1. The summed E-state index contributed by atoms with van der Waals surface area (Å²) in [5, 5.41) is 8.87. The summed E-state index contributed by atoms with van der Waals surface area (Å²) < 4.78 is 17.3. The van der Waals surface area contributed by atoms with E-state index in [-0.39, 0.29) is 11.7 Å². The summed E-state index contributed by atoms with van der Waals surface area (Å²) in [6.45, 7) is 3.74. The minimum absolute atomic E-state index is 0.0372. The van der Waals surface area contributed by atoms with Crippen LogP contribution in [0, 0.1) is 6.92 Å². The summed E-state index contributed by atoms with van der Waals surface area (Å²) in [6.07, 6.45) is 0. The Hall–Kier alpha value is -1.39. The Morgan fingerprint density at radius 1 is 1.64 bits per heavy atom. The zero-order chi connectivity index (χ0) is 10.9. The van der Waals surface area contributed by atoms with E-state index < -0.39 is 18.1 Å². The normalized spacial score (nSPS) is 11.7. The molecule has 0 saturated heterocycles. The summed E-state index contributed by atoms with van der Waals surface area (Å²) in [5.74, 6) is -0.923. The summed E-state index contributed by atoms with van der Waals surface area (Å²) in [6, 6.07) is 0. The largest absolute Gasteiger partial charge is 0.480 e. The van der Waals surface area contributed by atoms with Gasteiger partial charge in [0.25, 0.3) is 0 Å². The molecule has 0 spiro atoms. The molecule has 4 nitrogen and oxygen atoms in total. The molecule has 0 amide bonds. The van der Waals surface area contributed by atoms with Gasteiger partial charge in [-0.2, -0.15) is 0 Å². The van der Waals surface area contributed by atoms with Gasteiger partial charge in [-0.25, -0.2) is 9.37 Å². The molecule has 0 atom stereocenters. The number of aliphatic carboxylic acids is 1. The summed E-state index contributed by atoms with van der Waals surface area (Å²) >= 11 is 0. The van der Waals surface area contributed by atoms with Gasteiger partial charge in [0.2, 0.25) is 5.89 Å². The van der Waals surface area contributed by atoms with Gasteiger partial charge in [-0.05, 0) is 20.8 Å². The Balaban J connectivity index is 3.14. The number of rotatable bonds is 3. The second-order valence-corrected chi connectivity index (χ2v) is 3.59. The van der Waals surface area contributed by atoms with Crippen LogP contribution in [-0.2, 0) is 16.9 Å². The minimum atomic E-state index is -1.22. The Morgan fingerprint density at radius 2 is 2.21 bits per heavy atom. The van der Waals surface area contributed by atoms with Crippen LogP contribution >= 0.6 is 0 Å². The van der Waals surface area contributed by atoms with Crippen molar-refractivity contribution in [1.82, 2.24) is 4.98 Å². The molecule has 0 aromatic carbocycles. The molecule has 1 heterocycles. The minimum Gasteiger partial charge on any atom is -0.480 e. The maximum atomic E-state index is 12.3. The molecular weight excluding hydrogens is 189 g/mol. The standard InChI is InChI=1S/C9H12FNO3/c1-5-6(4-10)14-7(11-5)9(2,3)8(12)13/h4H2,1-3H3,(H,12,13). The Kier molecular flexibility index (Phi) is 2.59. The third kappa shape index (κ3) is 1.62. The third-order valence-corrected chi connectivity index (χ3v) is 2.08. The van der Waals surface area contributed by atoms with Gasteiger partial charge < -0.3 is 9.52 Å². The van der Waals surface area contributed by atoms with E-state index >= 15 is 0 Å². The molecule has 0 radical (unpaired) electrons. The number of halogens is 1. The number of aromatic nitrogens is 1. The molecule has 1 rings (SSSR count). The van der Waals surface area contributed by atoms with Crippen LogP contribution in [0.1, 0.15) is 31.2 Å². The molecule has 1 N–H and O–H groups in total. The first-order valence-corrected chi connectivity index (χ1v) is 4.15. The quantitative estimate of drug-likeness (QED) is 0.810. The first kappa shape index (κ1) is 10.7. The fraction of sp³-hybridized carbons (Fsp3) is 0.556. The van der Waals surface area contributed by atoms with Crippen LogP contribution in [-0.4, -0.2) is 16.1 Å². The van der Waals surface area contributed by atoms with Crippen molar-refractivity contribution >= 4 is 5.97 Å². The average molecular weight is 201 g/mol. The SMILES string of the molecule is Cc1nc(C(C)(C)C(=O)O)oc1CF. The molecule has 0 bridgehead atoms. The average Bonchev–Trinajstić information content (AvgIpc) is 2.47. The highest BCUT2D eigenvalue weighted by Gasteiger charge is 2.35. The molecule has 5 heteroatoms. The van der Waals surface area contributed by atoms with Crippen LogP contribution in [0.5, 0.6) is 0 Å². The van der Waals surface area contributed by atoms with Gasteiger partial charge in [-0.15, -0.1) is 0 Å². The van der Waals surface area contributed by atoms with Crippen molar-refractivity contribution in [2.45, 2.75) is 32.9 Å². The number of carboxylic acid groups (broad SMARTS) is 1. The van der Waals surface area contributed by atoms with Crippen LogP contribution < -0.4 is 0 Å². The van der Waals surface area contributed by atoms with Crippen LogP contribution in [0.15, 0.2) is 4.42 Å². The first-order valence-electron chi connectivity index (χ1n) is 4.15. The second kappa shape index (κ2) is 3.40. The number of nitrogens with zero attached hydrogens (tertiary/aromatic N) is 1. The van der Waals surface area contributed by atoms with Gasteiger partial charge in [0.05, 0.1) is 5.69 Å². The lowest BCUT2D eigenvalue weighted by Crippen LogP contribution is -2.28. The first-order chi connectivity index (χ1) is 6.39. The van der Waals surface area contributed by atoms with Crippen LogP contribution in [0.4, 0.5) is 4.39 Å². The molecule has 0 fully saturated rings. The van der Waals surface area contributed by atoms with Gasteiger partial charge in [0, 0.05) is 0 Å². The maximum absolute atomic E-state index is 12.3. The van der Waals surface area contributed by atoms with Crippen LogP contribution in [0.2, 0.25) is 0 Å². The number of oxazole rings is 1. The molecule has 78 valence electrons. The molecule has 0 unspecified atom stereocenters. The van der Waals surface area contributed by atoms with E-state index in [9.17, 15) is 9.18 Å². The lowest BCUT2D eigenvalue weighted by atomic mass is 9.94. The van der Waals surface area contributed by atoms with E-state index in [1.165, 1.54) is 13.8 Å². The number of alkyl halides is 1. The van der Waals surface area contributed by atoms with Crippen LogP contribution in [0.3, 0.4) is 0 Å². The van der Waals surface area contributed by atoms with Gasteiger partial charge in [-0.3, -0.25) is 4.79 Å². The highest BCUT2D eigenvalue weighted by Crippen LogP contribution is 2.25. The fourth-order valence-electron chi connectivity index (χ4n) is 0.911. The predicted molar refractivity (Wildman–Crippen MR) is 46.7 cm³/mol. The van der Waals surface area contributed by atoms with Gasteiger partial charge in [0.1, 0.15) is 12.1 Å². The number of carbonyl (C=O) groups is 1. The molecule has 14 heavy (non-hydrogen) atoms. The number of hydrogen-bond donors (Lipinski definition) is 1. The van der Waals surface area contributed by atoms with E-state index in [0.717, 1.165) is 0 Å². The van der Waals surface area contributed by atoms with Crippen molar-refractivity contribution in [3.63, 3.8) is 0 Å². The second-order valence-electron chi connectivity index (χ2n) is 3.59. The van der Waals surface area contributed by atoms with Crippen molar-refractivity contribution in [3.8, 4) is 0 Å². The van der Waals surface area contributed by atoms with Crippen molar-refractivity contribution in [1.29, 1.82) is 0 Å². The van der Waals surface area contributed by atoms with E-state index in [1.807, 2.05) is 0 Å². The molecule has 0 aliphatic carbocycles. The van der Waals surface area contributed by atoms with E-state index in [2.05, 4.69) is 4.98 Å². The molecular formula is C9H12FNO3. The Morgan fingerprint density at radius 3 is 2.57 bits per heavy atom. The van der Waals surface area contributed by atoms with Crippen molar-refractivity contribution < 1.29 is 18.7 Å². The molecule has 1 aromatic rings.